The molecule has 5 heteroatoms. The van der Waals surface area contributed by atoms with E-state index in [0.717, 1.165) is 24.8 Å². The smallest absolute Gasteiger partial charge is 0.306 e. The number of nitrogens with one attached hydrogen (secondary N) is 1. The van der Waals surface area contributed by atoms with Gasteiger partial charge in [-0.25, -0.2) is 0 Å². The molecule has 0 heterocycles. The molecule has 2 aromatic rings. The molecule has 0 spiro atoms. The first-order chi connectivity index (χ1) is 11.0. The van der Waals surface area contributed by atoms with Crippen molar-refractivity contribution in [3.05, 3.63) is 65.2 Å². The van der Waals surface area contributed by atoms with Crippen LogP contribution in [0.25, 0.3) is 0 Å². The van der Waals surface area contributed by atoms with Crippen molar-refractivity contribution in [2.24, 2.45) is 0 Å². The van der Waals surface area contributed by atoms with E-state index in [2.05, 4.69) is 23.5 Å². The highest BCUT2D eigenvalue weighted by Crippen LogP contribution is 2.37. The van der Waals surface area contributed by atoms with Gasteiger partial charge in [-0.05, 0) is 59.8 Å². The van der Waals surface area contributed by atoms with E-state index in [0.29, 0.717) is 6.54 Å². The van der Waals surface area contributed by atoms with Crippen molar-refractivity contribution in [3.8, 4) is 0 Å². The van der Waals surface area contributed by atoms with E-state index in [1.54, 1.807) is 12.1 Å². The van der Waals surface area contributed by atoms with Crippen LogP contribution in [0.5, 0.6) is 0 Å². The molecule has 2 aromatic carbocycles. The zero-order valence-electron chi connectivity index (χ0n) is 12.6. The standard InChI is InChI=1S/C18H18F3NS/c19-18(20,21)23-15-8-3-5-13(11-15)12-22-17-10-4-7-14-6-1-2-9-16(14)17/h1-3,5-6,8-9,11,17,22H,4,7,10,12H2/t17-/m0/s1. The normalized spacial score (nSPS) is 17.8. The number of fused-ring (bicyclic) bond motifs is 1. The van der Waals surface area contributed by atoms with Crippen molar-refractivity contribution >= 4 is 11.8 Å². The van der Waals surface area contributed by atoms with Crippen molar-refractivity contribution < 1.29 is 13.2 Å². The number of benzene rings is 2. The number of hydrogen-bond acceptors (Lipinski definition) is 2. The van der Waals surface area contributed by atoms with Crippen LogP contribution in [0.4, 0.5) is 13.2 Å². The van der Waals surface area contributed by atoms with Crippen molar-refractivity contribution in [1.82, 2.24) is 5.32 Å². The lowest BCUT2D eigenvalue weighted by atomic mass is 9.87. The summed E-state index contributed by atoms with van der Waals surface area (Å²) in [6.07, 6.45) is 3.30. The van der Waals surface area contributed by atoms with Gasteiger partial charge in [0.1, 0.15) is 0 Å². The zero-order chi connectivity index (χ0) is 16.3. The fourth-order valence-electron chi connectivity index (χ4n) is 3.06. The molecule has 23 heavy (non-hydrogen) atoms. The van der Waals surface area contributed by atoms with Crippen LogP contribution < -0.4 is 5.32 Å². The number of alkyl halides is 3. The maximum Gasteiger partial charge on any atom is 0.446 e. The minimum atomic E-state index is -4.24. The van der Waals surface area contributed by atoms with Gasteiger partial charge in [0.15, 0.2) is 0 Å². The topological polar surface area (TPSA) is 12.0 Å². The number of thioether (sulfide) groups is 1. The van der Waals surface area contributed by atoms with Gasteiger partial charge in [-0.2, -0.15) is 13.2 Å². The fourth-order valence-corrected chi connectivity index (χ4v) is 3.68. The maximum absolute atomic E-state index is 12.5. The average molecular weight is 337 g/mol. The molecule has 0 aromatic heterocycles. The molecule has 1 atom stereocenters. The van der Waals surface area contributed by atoms with E-state index in [1.807, 2.05) is 12.1 Å². The average Bonchev–Trinajstić information content (AvgIpc) is 2.51. The Bertz CT molecular complexity index is 669. The van der Waals surface area contributed by atoms with Gasteiger partial charge in [0.25, 0.3) is 0 Å². The first-order valence-electron chi connectivity index (χ1n) is 7.67. The van der Waals surface area contributed by atoms with E-state index in [1.165, 1.54) is 17.2 Å². The number of aryl methyl sites for hydroxylation is 1. The predicted molar refractivity (Wildman–Crippen MR) is 87.3 cm³/mol. The molecule has 0 radical (unpaired) electrons. The first-order valence-corrected chi connectivity index (χ1v) is 8.49. The third-order valence-electron chi connectivity index (χ3n) is 4.05. The number of rotatable bonds is 4. The van der Waals surface area contributed by atoms with Gasteiger partial charge in [0.2, 0.25) is 0 Å². The molecule has 3 rings (SSSR count). The molecule has 0 saturated carbocycles. The molecule has 1 aliphatic carbocycles. The van der Waals surface area contributed by atoms with E-state index in [4.69, 9.17) is 0 Å². The summed E-state index contributed by atoms with van der Waals surface area (Å²) >= 11 is -0.0629. The molecule has 0 amide bonds. The van der Waals surface area contributed by atoms with Gasteiger partial charge in [0.05, 0.1) is 0 Å². The van der Waals surface area contributed by atoms with Crippen molar-refractivity contribution in [2.75, 3.05) is 0 Å². The predicted octanol–water partition coefficient (Wildman–Crippen LogP) is 5.47. The Morgan fingerprint density at radius 1 is 1.09 bits per heavy atom. The Balaban J connectivity index is 1.66. The molecular formula is C18H18F3NS. The van der Waals surface area contributed by atoms with Crippen LogP contribution in [0, 0.1) is 0 Å². The molecule has 0 bridgehead atoms. The van der Waals surface area contributed by atoms with Crippen LogP contribution in [0.3, 0.4) is 0 Å². The highest BCUT2D eigenvalue weighted by molar-refractivity contribution is 8.00. The summed E-state index contributed by atoms with van der Waals surface area (Å²) in [5.74, 6) is 0. The summed E-state index contributed by atoms with van der Waals surface area (Å²) in [5.41, 5.74) is -0.673. The second kappa shape index (κ2) is 6.97. The molecule has 1 nitrogen and oxygen atoms in total. The monoisotopic (exact) mass is 337 g/mol. The van der Waals surface area contributed by atoms with Gasteiger partial charge >= 0.3 is 5.51 Å². The highest BCUT2D eigenvalue weighted by Gasteiger charge is 2.29. The summed E-state index contributed by atoms with van der Waals surface area (Å²) in [6.45, 7) is 0.575. The molecule has 1 aliphatic rings. The Hall–Kier alpha value is -1.46. The van der Waals surface area contributed by atoms with Gasteiger partial charge in [-0.15, -0.1) is 0 Å². The summed E-state index contributed by atoms with van der Waals surface area (Å²) in [4.78, 5) is 0.237. The Morgan fingerprint density at radius 2 is 1.91 bits per heavy atom. The van der Waals surface area contributed by atoms with Gasteiger partial charge < -0.3 is 5.32 Å². The van der Waals surface area contributed by atoms with Crippen LogP contribution in [0.2, 0.25) is 0 Å². The molecule has 122 valence electrons. The summed E-state index contributed by atoms with van der Waals surface area (Å²) in [5, 5.41) is 3.49. The highest BCUT2D eigenvalue weighted by atomic mass is 32.2. The quantitative estimate of drug-likeness (QED) is 0.743. The minimum absolute atomic E-state index is 0.0629. The Kier molecular flexibility index (Phi) is 4.97. The van der Waals surface area contributed by atoms with Crippen molar-refractivity contribution in [3.63, 3.8) is 0 Å². The fraction of sp³-hybridized carbons (Fsp3) is 0.333. The molecule has 0 saturated heterocycles. The third-order valence-corrected chi connectivity index (χ3v) is 4.78. The summed E-state index contributed by atoms with van der Waals surface area (Å²) in [7, 11) is 0. The summed E-state index contributed by atoms with van der Waals surface area (Å²) < 4.78 is 37.4. The van der Waals surface area contributed by atoms with Crippen LogP contribution in [-0.2, 0) is 13.0 Å². The Labute approximate surface area is 138 Å². The van der Waals surface area contributed by atoms with E-state index >= 15 is 0 Å². The minimum Gasteiger partial charge on any atom is -0.306 e. The van der Waals surface area contributed by atoms with Gasteiger partial charge in [-0.1, -0.05) is 36.4 Å². The maximum atomic E-state index is 12.5. The van der Waals surface area contributed by atoms with Crippen LogP contribution >= 0.6 is 11.8 Å². The lowest BCUT2D eigenvalue weighted by Gasteiger charge is -2.26. The van der Waals surface area contributed by atoms with Crippen molar-refractivity contribution in [1.29, 1.82) is 0 Å². The third kappa shape index (κ3) is 4.52. The number of halogens is 3. The van der Waals surface area contributed by atoms with Gasteiger partial charge in [-0.3, -0.25) is 0 Å². The Morgan fingerprint density at radius 3 is 2.74 bits per heavy atom. The number of hydrogen-bond donors (Lipinski definition) is 1. The lowest BCUT2D eigenvalue weighted by molar-refractivity contribution is -0.0328. The van der Waals surface area contributed by atoms with Crippen LogP contribution in [0.15, 0.2) is 53.4 Å². The van der Waals surface area contributed by atoms with E-state index in [-0.39, 0.29) is 22.7 Å². The molecule has 0 unspecified atom stereocenters. The molecule has 0 fully saturated rings. The molecule has 1 N–H and O–H groups in total. The largest absolute Gasteiger partial charge is 0.446 e. The van der Waals surface area contributed by atoms with Crippen LogP contribution in [0.1, 0.15) is 35.6 Å². The second-order valence-corrected chi connectivity index (χ2v) is 6.86. The van der Waals surface area contributed by atoms with Gasteiger partial charge in [0, 0.05) is 17.5 Å². The van der Waals surface area contributed by atoms with E-state index < -0.39 is 5.51 Å². The molecule has 0 aliphatic heterocycles. The molecular weight excluding hydrogens is 319 g/mol. The second-order valence-electron chi connectivity index (χ2n) is 5.72. The SMILES string of the molecule is FC(F)(F)Sc1cccc(CN[C@H]2CCCc3ccccc32)c1. The van der Waals surface area contributed by atoms with Crippen LogP contribution in [-0.4, -0.2) is 5.51 Å². The first kappa shape index (κ1) is 16.4. The zero-order valence-corrected chi connectivity index (χ0v) is 13.4. The van der Waals surface area contributed by atoms with Crippen molar-refractivity contribution in [2.45, 2.75) is 42.3 Å². The lowest BCUT2D eigenvalue weighted by Crippen LogP contribution is -2.24. The van der Waals surface area contributed by atoms with E-state index in [9.17, 15) is 13.2 Å². The summed E-state index contributed by atoms with van der Waals surface area (Å²) in [6, 6.07) is 15.3.